The Labute approximate surface area is 102 Å². The molecule has 0 atom stereocenters. The molecule has 2 aromatic heterocycles. The minimum atomic E-state index is 0.283. The number of hydrogen-bond donors (Lipinski definition) is 1. The van der Waals surface area contributed by atoms with Gasteiger partial charge in [-0.25, -0.2) is 4.98 Å². The van der Waals surface area contributed by atoms with Crippen LogP contribution in [0.5, 0.6) is 5.75 Å². The van der Waals surface area contributed by atoms with Crippen LogP contribution in [0.1, 0.15) is 37.4 Å². The molecule has 1 saturated carbocycles. The van der Waals surface area contributed by atoms with Crippen LogP contribution in [0, 0.1) is 0 Å². The largest absolute Gasteiger partial charge is 0.508 e. The van der Waals surface area contributed by atoms with Crippen molar-refractivity contribution in [2.45, 2.75) is 31.6 Å². The van der Waals surface area contributed by atoms with Crippen molar-refractivity contribution in [2.24, 2.45) is 0 Å². The Morgan fingerprint density at radius 2 is 2.12 bits per heavy atom. The van der Waals surface area contributed by atoms with E-state index in [1.54, 1.807) is 12.1 Å². The number of pyridine rings is 1. The van der Waals surface area contributed by atoms with Crippen LogP contribution in [0.4, 0.5) is 0 Å². The first-order chi connectivity index (χ1) is 7.75. The molecule has 1 aliphatic carbocycles. The number of aromatic hydroxyl groups is 1. The molecule has 0 aliphatic heterocycles. The molecular weight excluding hydrogens is 268 g/mol. The SMILES string of the molecule is Oc1ccn2c(C3CCCC3)nc(Br)c2c1. The van der Waals surface area contributed by atoms with Crippen LogP contribution in [0.2, 0.25) is 0 Å². The van der Waals surface area contributed by atoms with Gasteiger partial charge in [0.15, 0.2) is 0 Å². The molecule has 0 unspecified atom stereocenters. The number of halogens is 1. The van der Waals surface area contributed by atoms with Crippen LogP contribution in [0.3, 0.4) is 0 Å². The van der Waals surface area contributed by atoms with E-state index >= 15 is 0 Å². The number of fused-ring (bicyclic) bond motifs is 1. The van der Waals surface area contributed by atoms with E-state index in [1.165, 1.54) is 25.7 Å². The van der Waals surface area contributed by atoms with Crippen LogP contribution in [-0.2, 0) is 0 Å². The van der Waals surface area contributed by atoms with Crippen molar-refractivity contribution in [1.29, 1.82) is 0 Å². The summed E-state index contributed by atoms with van der Waals surface area (Å²) in [5.74, 6) is 1.98. The van der Waals surface area contributed by atoms with Crippen molar-refractivity contribution < 1.29 is 5.11 Å². The lowest BCUT2D eigenvalue weighted by Crippen LogP contribution is -1.99. The fourth-order valence-corrected chi connectivity index (χ4v) is 3.02. The number of hydrogen-bond acceptors (Lipinski definition) is 2. The second-order valence-electron chi connectivity index (χ2n) is 4.38. The number of aromatic nitrogens is 2. The quantitative estimate of drug-likeness (QED) is 0.869. The van der Waals surface area contributed by atoms with Gasteiger partial charge in [0.25, 0.3) is 0 Å². The zero-order valence-electron chi connectivity index (χ0n) is 8.86. The summed E-state index contributed by atoms with van der Waals surface area (Å²) in [6.07, 6.45) is 6.96. The fraction of sp³-hybridized carbons (Fsp3) is 0.417. The van der Waals surface area contributed by atoms with Gasteiger partial charge in [0, 0.05) is 18.2 Å². The van der Waals surface area contributed by atoms with Crippen molar-refractivity contribution in [2.75, 3.05) is 0 Å². The average molecular weight is 281 g/mol. The first-order valence-electron chi connectivity index (χ1n) is 5.62. The van der Waals surface area contributed by atoms with Crippen LogP contribution < -0.4 is 0 Å². The molecule has 2 heterocycles. The number of nitrogens with zero attached hydrogens (tertiary/aromatic N) is 2. The molecule has 4 heteroatoms. The Bertz CT molecular complexity index is 529. The molecule has 3 rings (SSSR count). The van der Waals surface area contributed by atoms with Gasteiger partial charge in [0.1, 0.15) is 16.2 Å². The van der Waals surface area contributed by atoms with E-state index in [1.807, 2.05) is 6.20 Å². The van der Waals surface area contributed by atoms with E-state index < -0.39 is 0 Å². The van der Waals surface area contributed by atoms with Crippen molar-refractivity contribution in [3.63, 3.8) is 0 Å². The predicted octanol–water partition coefficient (Wildman–Crippen LogP) is 3.46. The minimum Gasteiger partial charge on any atom is -0.508 e. The Morgan fingerprint density at radius 1 is 1.38 bits per heavy atom. The summed E-state index contributed by atoms with van der Waals surface area (Å²) in [5.41, 5.74) is 0.946. The maximum atomic E-state index is 9.47. The van der Waals surface area contributed by atoms with Crippen LogP contribution in [0.15, 0.2) is 22.9 Å². The Balaban J connectivity index is 2.18. The topological polar surface area (TPSA) is 37.5 Å². The van der Waals surface area contributed by atoms with Gasteiger partial charge in [-0.15, -0.1) is 0 Å². The van der Waals surface area contributed by atoms with Gasteiger partial charge in [-0.1, -0.05) is 12.8 Å². The van der Waals surface area contributed by atoms with Gasteiger partial charge in [-0.3, -0.25) is 0 Å². The van der Waals surface area contributed by atoms with Gasteiger partial charge >= 0.3 is 0 Å². The minimum absolute atomic E-state index is 0.283. The lowest BCUT2D eigenvalue weighted by molar-refractivity contribution is 0.475. The first kappa shape index (κ1) is 10.1. The highest BCUT2D eigenvalue weighted by Crippen LogP contribution is 2.35. The predicted molar refractivity (Wildman–Crippen MR) is 65.8 cm³/mol. The fourth-order valence-electron chi connectivity index (χ4n) is 2.53. The molecule has 1 fully saturated rings. The smallest absolute Gasteiger partial charge is 0.132 e. The second kappa shape index (κ2) is 3.77. The molecule has 84 valence electrons. The van der Waals surface area contributed by atoms with E-state index in [0.29, 0.717) is 5.92 Å². The third kappa shape index (κ3) is 1.52. The van der Waals surface area contributed by atoms with Gasteiger partial charge < -0.3 is 9.51 Å². The first-order valence-corrected chi connectivity index (χ1v) is 6.41. The van der Waals surface area contributed by atoms with E-state index in [0.717, 1.165) is 15.9 Å². The lowest BCUT2D eigenvalue weighted by Gasteiger charge is -2.07. The van der Waals surface area contributed by atoms with Crippen LogP contribution >= 0.6 is 15.9 Å². The van der Waals surface area contributed by atoms with Crippen molar-refractivity contribution >= 4 is 21.4 Å². The van der Waals surface area contributed by atoms with E-state index in [2.05, 4.69) is 25.3 Å². The van der Waals surface area contributed by atoms with E-state index in [9.17, 15) is 5.11 Å². The second-order valence-corrected chi connectivity index (χ2v) is 5.13. The van der Waals surface area contributed by atoms with Crippen molar-refractivity contribution in [1.82, 2.24) is 9.38 Å². The number of imidazole rings is 1. The van der Waals surface area contributed by atoms with Crippen molar-refractivity contribution in [3.8, 4) is 5.75 Å². The summed E-state index contributed by atoms with van der Waals surface area (Å²) in [6, 6.07) is 3.45. The molecule has 2 aromatic rings. The van der Waals surface area contributed by atoms with E-state index in [-0.39, 0.29) is 5.75 Å². The maximum Gasteiger partial charge on any atom is 0.132 e. The highest BCUT2D eigenvalue weighted by molar-refractivity contribution is 9.10. The molecule has 3 nitrogen and oxygen atoms in total. The highest BCUT2D eigenvalue weighted by atomic mass is 79.9. The van der Waals surface area contributed by atoms with E-state index in [4.69, 9.17) is 0 Å². The van der Waals surface area contributed by atoms with Gasteiger partial charge in [-0.2, -0.15) is 0 Å². The molecule has 0 saturated heterocycles. The molecule has 1 N–H and O–H groups in total. The monoisotopic (exact) mass is 280 g/mol. The highest BCUT2D eigenvalue weighted by Gasteiger charge is 2.22. The molecule has 16 heavy (non-hydrogen) atoms. The lowest BCUT2D eigenvalue weighted by atomic mass is 10.1. The summed E-state index contributed by atoms with van der Waals surface area (Å²) < 4.78 is 2.91. The zero-order valence-corrected chi connectivity index (χ0v) is 10.4. The Morgan fingerprint density at radius 3 is 2.88 bits per heavy atom. The zero-order chi connectivity index (χ0) is 11.1. The molecule has 0 spiro atoms. The molecule has 0 aromatic carbocycles. The maximum absolute atomic E-state index is 9.47. The van der Waals surface area contributed by atoms with Crippen LogP contribution in [0.25, 0.3) is 5.52 Å². The number of rotatable bonds is 1. The summed E-state index contributed by atoms with van der Waals surface area (Å²) >= 11 is 3.46. The molecular formula is C12H13BrN2O. The summed E-state index contributed by atoms with van der Waals surface area (Å²) in [4.78, 5) is 4.58. The molecule has 1 aliphatic rings. The molecule has 0 amide bonds. The molecule has 0 bridgehead atoms. The van der Waals surface area contributed by atoms with Gasteiger partial charge in [0.2, 0.25) is 0 Å². The Hall–Kier alpha value is -1.03. The third-order valence-electron chi connectivity index (χ3n) is 3.33. The van der Waals surface area contributed by atoms with Gasteiger partial charge in [-0.05, 0) is 34.8 Å². The van der Waals surface area contributed by atoms with Crippen molar-refractivity contribution in [3.05, 3.63) is 28.8 Å². The standard InChI is InChI=1S/C12H13BrN2O/c13-11-10-7-9(16)5-6-15(10)12(14-11)8-3-1-2-4-8/h5-8,16H,1-4H2. The molecule has 0 radical (unpaired) electrons. The van der Waals surface area contributed by atoms with Gasteiger partial charge in [0.05, 0.1) is 5.52 Å². The Kier molecular flexibility index (Phi) is 2.39. The summed E-state index contributed by atoms with van der Waals surface area (Å²) in [7, 11) is 0. The normalized spacial score (nSPS) is 17.3. The van der Waals surface area contributed by atoms with Crippen LogP contribution in [-0.4, -0.2) is 14.5 Å². The summed E-state index contributed by atoms with van der Waals surface area (Å²) in [5, 5.41) is 9.47. The summed E-state index contributed by atoms with van der Waals surface area (Å²) in [6.45, 7) is 0. The average Bonchev–Trinajstić information content (AvgIpc) is 2.87. The third-order valence-corrected chi connectivity index (χ3v) is 3.91.